The molecule has 110 valence electrons. The lowest BCUT2D eigenvalue weighted by Crippen LogP contribution is -2.30. The van der Waals surface area contributed by atoms with Gasteiger partial charge in [0.2, 0.25) is 15.9 Å². The fourth-order valence-electron chi connectivity index (χ4n) is 2.06. The molecule has 0 radical (unpaired) electrons. The second-order valence-electron chi connectivity index (χ2n) is 4.72. The van der Waals surface area contributed by atoms with Crippen molar-refractivity contribution in [3.8, 4) is 0 Å². The molecule has 0 bridgehead atoms. The summed E-state index contributed by atoms with van der Waals surface area (Å²) in [7, 11) is -3.24. The number of carbonyl (C=O) groups excluding carboxylic acids is 1. The van der Waals surface area contributed by atoms with Crippen LogP contribution in [0.3, 0.4) is 0 Å². The average Bonchev–Trinajstić information content (AvgIpc) is 2.83. The molecule has 1 aromatic carbocycles. The van der Waals surface area contributed by atoms with E-state index in [-0.39, 0.29) is 18.4 Å². The van der Waals surface area contributed by atoms with E-state index in [1.165, 1.54) is 4.31 Å². The fraction of sp³-hybridized carbons (Fsp3) is 0.417. The van der Waals surface area contributed by atoms with Crippen molar-refractivity contribution in [2.45, 2.75) is 6.42 Å². The number of anilines is 1. The first kappa shape index (κ1) is 15.6. The molecule has 1 aromatic rings. The Labute approximate surface area is 127 Å². The van der Waals surface area contributed by atoms with Crippen LogP contribution < -0.4 is 5.32 Å². The molecule has 1 fully saturated rings. The number of halogens is 2. The molecule has 8 heteroatoms. The monoisotopic (exact) mass is 336 g/mol. The maximum Gasteiger partial charge on any atom is 0.228 e. The molecule has 1 heterocycles. The van der Waals surface area contributed by atoms with Crippen molar-refractivity contribution in [2.24, 2.45) is 5.92 Å². The van der Waals surface area contributed by atoms with Crippen LogP contribution in [-0.2, 0) is 14.8 Å². The highest BCUT2D eigenvalue weighted by atomic mass is 35.5. The molecule has 1 aliphatic rings. The predicted octanol–water partition coefficient (Wildman–Crippen LogP) is 2.21. The van der Waals surface area contributed by atoms with Gasteiger partial charge in [0, 0.05) is 18.8 Å². The molecule has 0 saturated carbocycles. The van der Waals surface area contributed by atoms with Crippen LogP contribution in [-0.4, -0.2) is 38.0 Å². The number of rotatable bonds is 3. The van der Waals surface area contributed by atoms with Crippen molar-refractivity contribution in [1.82, 2.24) is 4.31 Å². The highest BCUT2D eigenvalue weighted by molar-refractivity contribution is 7.88. The zero-order chi connectivity index (χ0) is 14.9. The van der Waals surface area contributed by atoms with E-state index in [2.05, 4.69) is 5.32 Å². The van der Waals surface area contributed by atoms with Crippen LogP contribution in [0, 0.1) is 5.92 Å². The smallest absolute Gasteiger partial charge is 0.228 e. The predicted molar refractivity (Wildman–Crippen MR) is 79.6 cm³/mol. The molecule has 0 aromatic heterocycles. The summed E-state index contributed by atoms with van der Waals surface area (Å²) < 4.78 is 24.1. The van der Waals surface area contributed by atoms with Crippen LogP contribution in [0.2, 0.25) is 10.0 Å². The van der Waals surface area contributed by atoms with E-state index < -0.39 is 10.0 Å². The van der Waals surface area contributed by atoms with E-state index in [9.17, 15) is 13.2 Å². The number of nitrogens with one attached hydrogen (secondary N) is 1. The summed E-state index contributed by atoms with van der Waals surface area (Å²) in [6.07, 6.45) is 1.66. The van der Waals surface area contributed by atoms with E-state index >= 15 is 0 Å². The second-order valence-corrected chi connectivity index (χ2v) is 7.52. The second kappa shape index (κ2) is 5.89. The van der Waals surface area contributed by atoms with Crippen LogP contribution in [0.1, 0.15) is 6.42 Å². The molecule has 1 saturated heterocycles. The van der Waals surface area contributed by atoms with Gasteiger partial charge in [-0.2, -0.15) is 0 Å². The minimum Gasteiger partial charge on any atom is -0.326 e. The van der Waals surface area contributed by atoms with Gasteiger partial charge in [-0.05, 0) is 24.6 Å². The van der Waals surface area contributed by atoms with Crippen molar-refractivity contribution >= 4 is 44.8 Å². The molecule has 20 heavy (non-hydrogen) atoms. The average molecular weight is 337 g/mol. The number of carbonyl (C=O) groups is 1. The van der Waals surface area contributed by atoms with Crippen LogP contribution in [0.15, 0.2) is 18.2 Å². The third kappa shape index (κ3) is 3.63. The first-order valence-corrected chi connectivity index (χ1v) is 8.59. The minimum absolute atomic E-state index is 0.213. The summed E-state index contributed by atoms with van der Waals surface area (Å²) in [5.74, 6) is -0.561. The summed E-state index contributed by atoms with van der Waals surface area (Å²) >= 11 is 11.7. The number of hydrogen-bond acceptors (Lipinski definition) is 3. The molecule has 0 spiro atoms. The van der Waals surface area contributed by atoms with E-state index in [0.717, 1.165) is 6.26 Å². The third-order valence-corrected chi connectivity index (χ3v) is 5.19. The Hall–Kier alpha value is -0.820. The Bertz CT molecular complexity index is 634. The quantitative estimate of drug-likeness (QED) is 0.920. The zero-order valence-corrected chi connectivity index (χ0v) is 13.1. The van der Waals surface area contributed by atoms with Crippen molar-refractivity contribution in [3.05, 3.63) is 28.2 Å². The van der Waals surface area contributed by atoms with Gasteiger partial charge in [-0.25, -0.2) is 12.7 Å². The van der Waals surface area contributed by atoms with Crippen LogP contribution in [0.25, 0.3) is 0 Å². The molecule has 1 atom stereocenters. The molecular formula is C12H14Cl2N2O3S. The third-order valence-electron chi connectivity index (χ3n) is 3.18. The first-order valence-electron chi connectivity index (χ1n) is 5.98. The summed E-state index contributed by atoms with van der Waals surface area (Å²) in [6, 6.07) is 4.80. The van der Waals surface area contributed by atoms with Crippen molar-refractivity contribution in [1.29, 1.82) is 0 Å². The summed E-state index contributed by atoms with van der Waals surface area (Å²) in [6.45, 7) is 0.588. The maximum atomic E-state index is 12.1. The number of amides is 1. The Morgan fingerprint density at radius 1 is 1.35 bits per heavy atom. The molecule has 2 rings (SSSR count). The highest BCUT2D eigenvalue weighted by Gasteiger charge is 2.32. The molecule has 1 amide bonds. The lowest BCUT2D eigenvalue weighted by Gasteiger charge is -2.13. The molecule has 1 aliphatic heterocycles. The van der Waals surface area contributed by atoms with E-state index in [1.807, 2.05) is 0 Å². The zero-order valence-electron chi connectivity index (χ0n) is 10.8. The van der Waals surface area contributed by atoms with E-state index in [4.69, 9.17) is 23.2 Å². The van der Waals surface area contributed by atoms with Gasteiger partial charge in [-0.15, -0.1) is 0 Å². The number of sulfonamides is 1. The molecule has 1 unspecified atom stereocenters. The molecular weight excluding hydrogens is 323 g/mol. The Morgan fingerprint density at radius 3 is 2.60 bits per heavy atom. The highest BCUT2D eigenvalue weighted by Crippen LogP contribution is 2.26. The summed E-state index contributed by atoms with van der Waals surface area (Å²) in [5, 5.41) is 3.49. The topological polar surface area (TPSA) is 66.5 Å². The molecule has 5 nitrogen and oxygen atoms in total. The normalized spacial score (nSPS) is 20.1. The van der Waals surface area contributed by atoms with Crippen molar-refractivity contribution < 1.29 is 13.2 Å². The molecule has 1 N–H and O–H groups in total. The van der Waals surface area contributed by atoms with Crippen LogP contribution in [0.5, 0.6) is 0 Å². The van der Waals surface area contributed by atoms with Gasteiger partial charge in [0.05, 0.1) is 22.2 Å². The minimum atomic E-state index is -3.24. The SMILES string of the molecule is CS(=O)(=O)N1CCC(C(=O)Nc2ccc(Cl)c(Cl)c2)C1. The van der Waals surface area contributed by atoms with Gasteiger partial charge in [-0.1, -0.05) is 23.2 Å². The first-order chi connectivity index (χ1) is 9.27. The van der Waals surface area contributed by atoms with Gasteiger partial charge in [-0.3, -0.25) is 4.79 Å². The van der Waals surface area contributed by atoms with Gasteiger partial charge in [0.25, 0.3) is 0 Å². The number of hydrogen-bond donors (Lipinski definition) is 1. The standard InChI is InChI=1S/C12H14Cl2N2O3S/c1-20(18,19)16-5-4-8(7-16)12(17)15-9-2-3-10(13)11(14)6-9/h2-3,6,8H,4-5,7H2,1H3,(H,15,17). The summed E-state index contributed by atoms with van der Waals surface area (Å²) in [4.78, 5) is 12.1. The summed E-state index contributed by atoms with van der Waals surface area (Å²) in [5.41, 5.74) is 0.544. The van der Waals surface area contributed by atoms with E-state index in [1.54, 1.807) is 18.2 Å². The Morgan fingerprint density at radius 2 is 2.05 bits per heavy atom. The van der Waals surface area contributed by atoms with Gasteiger partial charge < -0.3 is 5.32 Å². The van der Waals surface area contributed by atoms with Gasteiger partial charge in [0.1, 0.15) is 0 Å². The Kier molecular flexibility index (Phi) is 4.59. The van der Waals surface area contributed by atoms with Crippen LogP contribution >= 0.6 is 23.2 Å². The van der Waals surface area contributed by atoms with Gasteiger partial charge in [0.15, 0.2) is 0 Å². The Balaban J connectivity index is 2.01. The fourth-order valence-corrected chi connectivity index (χ4v) is 3.25. The largest absolute Gasteiger partial charge is 0.326 e. The lowest BCUT2D eigenvalue weighted by atomic mass is 10.1. The maximum absolute atomic E-state index is 12.1. The van der Waals surface area contributed by atoms with E-state index in [0.29, 0.717) is 28.7 Å². The van der Waals surface area contributed by atoms with Crippen molar-refractivity contribution in [3.63, 3.8) is 0 Å². The lowest BCUT2D eigenvalue weighted by molar-refractivity contribution is -0.119. The van der Waals surface area contributed by atoms with Crippen LogP contribution in [0.4, 0.5) is 5.69 Å². The van der Waals surface area contributed by atoms with Crippen molar-refractivity contribution in [2.75, 3.05) is 24.7 Å². The van der Waals surface area contributed by atoms with Gasteiger partial charge >= 0.3 is 0 Å². The number of nitrogens with zero attached hydrogens (tertiary/aromatic N) is 1. The molecule has 0 aliphatic carbocycles. The number of benzene rings is 1.